The van der Waals surface area contributed by atoms with Gasteiger partial charge in [-0.25, -0.2) is 4.39 Å². The van der Waals surface area contributed by atoms with Gasteiger partial charge in [-0.3, -0.25) is 4.79 Å². The number of rotatable bonds is 2. The second-order valence-corrected chi connectivity index (χ2v) is 3.82. The van der Waals surface area contributed by atoms with Crippen molar-refractivity contribution in [2.24, 2.45) is 11.7 Å². The Kier molecular flexibility index (Phi) is 2.68. The lowest BCUT2D eigenvalue weighted by Crippen LogP contribution is -2.52. The van der Waals surface area contributed by atoms with Gasteiger partial charge in [0.25, 0.3) is 5.91 Å². The van der Waals surface area contributed by atoms with Crippen molar-refractivity contribution < 1.29 is 9.18 Å². The maximum absolute atomic E-state index is 12.6. The smallest absolute Gasteiger partial charge is 0.253 e. The largest absolute Gasteiger partial charge is 0.338 e. The summed E-state index contributed by atoms with van der Waals surface area (Å²) in [7, 11) is 0. The van der Waals surface area contributed by atoms with E-state index in [1.165, 1.54) is 24.3 Å². The zero-order chi connectivity index (χ0) is 10.8. The number of nitrogens with two attached hydrogens (primary N) is 1. The first-order valence-electron chi connectivity index (χ1n) is 4.95. The molecular formula is C11H13FN2O. The molecule has 0 spiro atoms. The van der Waals surface area contributed by atoms with Gasteiger partial charge in [0.1, 0.15) is 5.82 Å². The quantitative estimate of drug-likeness (QED) is 0.783. The van der Waals surface area contributed by atoms with Crippen LogP contribution in [-0.2, 0) is 0 Å². The molecule has 0 radical (unpaired) electrons. The van der Waals surface area contributed by atoms with Crippen LogP contribution in [0.15, 0.2) is 24.3 Å². The molecule has 0 atom stereocenters. The van der Waals surface area contributed by atoms with E-state index >= 15 is 0 Å². The first-order valence-corrected chi connectivity index (χ1v) is 4.95. The molecule has 1 fully saturated rings. The molecule has 1 aromatic carbocycles. The third-order valence-corrected chi connectivity index (χ3v) is 2.67. The van der Waals surface area contributed by atoms with E-state index in [1.54, 1.807) is 4.90 Å². The zero-order valence-corrected chi connectivity index (χ0v) is 8.32. The molecule has 0 aliphatic carbocycles. The predicted octanol–water partition coefficient (Wildman–Crippen LogP) is 0.856. The van der Waals surface area contributed by atoms with Crippen LogP contribution in [0.1, 0.15) is 10.4 Å². The average molecular weight is 208 g/mol. The van der Waals surface area contributed by atoms with Gasteiger partial charge >= 0.3 is 0 Å². The van der Waals surface area contributed by atoms with E-state index in [0.717, 1.165) is 0 Å². The normalized spacial score (nSPS) is 16.3. The maximum Gasteiger partial charge on any atom is 0.253 e. The number of amides is 1. The molecule has 1 amide bonds. The number of benzene rings is 1. The second kappa shape index (κ2) is 3.98. The molecule has 0 aromatic heterocycles. The fourth-order valence-corrected chi connectivity index (χ4v) is 1.66. The van der Waals surface area contributed by atoms with Crippen molar-refractivity contribution in [2.75, 3.05) is 19.6 Å². The topological polar surface area (TPSA) is 46.3 Å². The first kappa shape index (κ1) is 10.1. The Balaban J connectivity index is 2.00. The summed E-state index contributed by atoms with van der Waals surface area (Å²) in [6.07, 6.45) is 0. The van der Waals surface area contributed by atoms with E-state index in [4.69, 9.17) is 5.73 Å². The standard InChI is InChI=1S/C11H13FN2O/c12-10-3-1-9(2-4-10)11(15)14-6-8(5-13)7-14/h1-4,8H,5-7,13H2. The van der Waals surface area contributed by atoms with Crippen LogP contribution in [0.25, 0.3) is 0 Å². The number of hydrogen-bond acceptors (Lipinski definition) is 2. The highest BCUT2D eigenvalue weighted by molar-refractivity contribution is 5.94. The van der Waals surface area contributed by atoms with Crippen LogP contribution in [0.5, 0.6) is 0 Å². The Morgan fingerprint density at radius 1 is 1.40 bits per heavy atom. The van der Waals surface area contributed by atoms with Crippen molar-refractivity contribution in [1.29, 1.82) is 0 Å². The Labute approximate surface area is 87.7 Å². The Morgan fingerprint density at radius 3 is 2.53 bits per heavy atom. The molecule has 80 valence electrons. The van der Waals surface area contributed by atoms with Crippen molar-refractivity contribution in [3.05, 3.63) is 35.6 Å². The van der Waals surface area contributed by atoms with Gasteiger partial charge in [-0.15, -0.1) is 0 Å². The van der Waals surface area contributed by atoms with Gasteiger partial charge < -0.3 is 10.6 Å². The molecule has 2 N–H and O–H groups in total. The Hall–Kier alpha value is -1.42. The molecule has 0 saturated carbocycles. The van der Waals surface area contributed by atoms with Gasteiger partial charge in [-0.05, 0) is 30.8 Å². The molecule has 15 heavy (non-hydrogen) atoms. The van der Waals surface area contributed by atoms with E-state index in [-0.39, 0.29) is 11.7 Å². The van der Waals surface area contributed by atoms with Gasteiger partial charge in [-0.1, -0.05) is 0 Å². The highest BCUT2D eigenvalue weighted by Crippen LogP contribution is 2.17. The van der Waals surface area contributed by atoms with Crippen LogP contribution in [0.2, 0.25) is 0 Å². The summed E-state index contributed by atoms with van der Waals surface area (Å²) in [6.45, 7) is 2.05. The van der Waals surface area contributed by atoms with Crippen LogP contribution in [0.4, 0.5) is 4.39 Å². The van der Waals surface area contributed by atoms with Gasteiger partial charge in [-0.2, -0.15) is 0 Å². The third kappa shape index (κ3) is 1.99. The second-order valence-electron chi connectivity index (χ2n) is 3.82. The van der Waals surface area contributed by atoms with Gasteiger partial charge in [0.05, 0.1) is 0 Å². The van der Waals surface area contributed by atoms with Crippen molar-refractivity contribution in [3.63, 3.8) is 0 Å². The number of carbonyl (C=O) groups excluding carboxylic acids is 1. The number of halogens is 1. The summed E-state index contributed by atoms with van der Waals surface area (Å²) < 4.78 is 12.6. The number of nitrogens with zero attached hydrogens (tertiary/aromatic N) is 1. The van der Waals surface area contributed by atoms with E-state index in [9.17, 15) is 9.18 Å². The van der Waals surface area contributed by atoms with Gasteiger partial charge in [0.15, 0.2) is 0 Å². The summed E-state index contributed by atoms with van der Waals surface area (Å²) in [5, 5.41) is 0. The highest BCUT2D eigenvalue weighted by Gasteiger charge is 2.29. The molecule has 1 aliphatic heterocycles. The summed E-state index contributed by atoms with van der Waals surface area (Å²) >= 11 is 0. The van der Waals surface area contributed by atoms with E-state index in [2.05, 4.69) is 0 Å². The minimum Gasteiger partial charge on any atom is -0.338 e. The molecule has 1 heterocycles. The molecule has 0 bridgehead atoms. The van der Waals surface area contributed by atoms with Crippen LogP contribution >= 0.6 is 0 Å². The molecule has 1 saturated heterocycles. The SMILES string of the molecule is NCC1CN(C(=O)c2ccc(F)cc2)C1. The lowest BCUT2D eigenvalue weighted by Gasteiger charge is -2.38. The lowest BCUT2D eigenvalue weighted by molar-refractivity contribution is 0.0515. The monoisotopic (exact) mass is 208 g/mol. The van der Waals surface area contributed by atoms with Crippen LogP contribution < -0.4 is 5.73 Å². The molecule has 3 nitrogen and oxygen atoms in total. The molecule has 1 aliphatic rings. The van der Waals surface area contributed by atoms with E-state index < -0.39 is 0 Å². The molecular weight excluding hydrogens is 195 g/mol. The zero-order valence-electron chi connectivity index (χ0n) is 8.32. The Bertz CT molecular complexity index is 357. The molecule has 4 heteroatoms. The minimum absolute atomic E-state index is 0.0419. The first-order chi connectivity index (χ1) is 7.20. The van der Waals surface area contributed by atoms with Crippen molar-refractivity contribution >= 4 is 5.91 Å². The van der Waals surface area contributed by atoms with Crippen LogP contribution in [0.3, 0.4) is 0 Å². The van der Waals surface area contributed by atoms with Gasteiger partial charge in [0.2, 0.25) is 0 Å². The summed E-state index contributed by atoms with van der Waals surface area (Å²) in [4.78, 5) is 13.5. The molecule has 1 aromatic rings. The summed E-state index contributed by atoms with van der Waals surface area (Å²) in [6, 6.07) is 5.61. The molecule has 0 unspecified atom stereocenters. The summed E-state index contributed by atoms with van der Waals surface area (Å²) in [5.74, 6) is 0.0593. The van der Waals surface area contributed by atoms with Crippen LogP contribution in [-0.4, -0.2) is 30.4 Å². The number of likely N-dealkylation sites (tertiary alicyclic amines) is 1. The maximum atomic E-state index is 12.6. The average Bonchev–Trinajstić information content (AvgIpc) is 2.17. The highest BCUT2D eigenvalue weighted by atomic mass is 19.1. The third-order valence-electron chi connectivity index (χ3n) is 2.67. The van der Waals surface area contributed by atoms with Crippen molar-refractivity contribution in [1.82, 2.24) is 4.90 Å². The van der Waals surface area contributed by atoms with E-state index in [0.29, 0.717) is 31.1 Å². The van der Waals surface area contributed by atoms with E-state index in [1.807, 2.05) is 0 Å². The minimum atomic E-state index is -0.324. The van der Waals surface area contributed by atoms with Crippen molar-refractivity contribution in [3.8, 4) is 0 Å². The summed E-state index contributed by atoms with van der Waals surface area (Å²) in [5.41, 5.74) is 6.00. The van der Waals surface area contributed by atoms with Crippen molar-refractivity contribution in [2.45, 2.75) is 0 Å². The Morgan fingerprint density at radius 2 is 2.00 bits per heavy atom. The molecule has 2 rings (SSSR count). The predicted molar refractivity (Wildman–Crippen MR) is 54.8 cm³/mol. The number of carbonyl (C=O) groups is 1. The fraction of sp³-hybridized carbons (Fsp3) is 0.364. The number of hydrogen-bond donors (Lipinski definition) is 1. The lowest BCUT2D eigenvalue weighted by atomic mass is 9.99. The van der Waals surface area contributed by atoms with Gasteiger partial charge in [0, 0.05) is 24.6 Å². The fourth-order valence-electron chi connectivity index (χ4n) is 1.66. The van der Waals surface area contributed by atoms with Crippen LogP contribution in [0, 0.1) is 11.7 Å².